The second-order valence-electron chi connectivity index (χ2n) is 8.04. The van der Waals surface area contributed by atoms with Crippen molar-refractivity contribution in [1.29, 1.82) is 0 Å². The number of fused-ring (bicyclic) bond motifs is 2. The van der Waals surface area contributed by atoms with Gasteiger partial charge in [-0.2, -0.15) is 4.98 Å². The van der Waals surface area contributed by atoms with E-state index in [0.29, 0.717) is 28.9 Å². The molecule has 0 aliphatic carbocycles. The van der Waals surface area contributed by atoms with Crippen LogP contribution in [0.4, 0.5) is 0 Å². The molecule has 0 fully saturated rings. The molecule has 2 aromatic heterocycles. The van der Waals surface area contributed by atoms with Crippen molar-refractivity contribution in [3.05, 3.63) is 93.3 Å². The maximum atomic E-state index is 9.85. The Bertz CT molecular complexity index is 1360. The van der Waals surface area contributed by atoms with E-state index < -0.39 is 0 Å². The molecular weight excluding hydrogens is 454 g/mol. The van der Waals surface area contributed by atoms with E-state index in [0.717, 1.165) is 38.7 Å². The molecule has 0 bridgehead atoms. The molecule has 2 aromatic carbocycles. The highest BCUT2D eigenvalue weighted by Gasteiger charge is 2.27. The van der Waals surface area contributed by atoms with E-state index in [-0.39, 0.29) is 6.61 Å². The normalized spacial score (nSPS) is 12.1. The summed E-state index contributed by atoms with van der Waals surface area (Å²) < 4.78 is 6.28. The van der Waals surface area contributed by atoms with Gasteiger partial charge in [0, 0.05) is 40.1 Å². The van der Waals surface area contributed by atoms with Gasteiger partial charge in [0.2, 0.25) is 5.88 Å². The highest BCUT2D eigenvalue weighted by atomic mass is 35.5. The molecule has 0 atom stereocenters. The predicted octanol–water partition coefficient (Wildman–Crippen LogP) is 6.29. The fourth-order valence-corrected chi connectivity index (χ4v) is 5.08. The smallest absolute Gasteiger partial charge is 0.227 e. The lowest BCUT2D eigenvalue weighted by Crippen LogP contribution is -2.13. The zero-order valence-electron chi connectivity index (χ0n) is 18.3. The third-order valence-corrected chi connectivity index (χ3v) is 6.92. The number of rotatable bonds is 5. The third-order valence-electron chi connectivity index (χ3n) is 5.60. The molecule has 0 amide bonds. The fraction of sp³-hybridized carbons (Fsp3) is 0.192. The molecule has 0 spiro atoms. The number of halogens is 1. The van der Waals surface area contributed by atoms with Crippen LogP contribution >= 0.6 is 23.4 Å². The molecule has 0 saturated heterocycles. The van der Waals surface area contributed by atoms with Gasteiger partial charge in [-0.25, -0.2) is 4.98 Å². The number of hydrogen-bond acceptors (Lipinski definition) is 6. The number of thioether (sulfide) groups is 1. The molecule has 5 rings (SSSR count). The molecular formula is C26H22ClN3O2S. The molecule has 1 N–H and O–H groups in total. The maximum absolute atomic E-state index is 9.85. The van der Waals surface area contributed by atoms with Crippen LogP contribution in [0.1, 0.15) is 33.5 Å². The molecule has 7 heteroatoms. The van der Waals surface area contributed by atoms with Crippen molar-refractivity contribution in [3.8, 4) is 23.0 Å². The highest BCUT2D eigenvalue weighted by molar-refractivity contribution is 7.98. The second kappa shape index (κ2) is 9.14. The van der Waals surface area contributed by atoms with Gasteiger partial charge in [0.05, 0.1) is 17.9 Å². The summed E-state index contributed by atoms with van der Waals surface area (Å²) in [4.78, 5) is 14.1. The zero-order chi connectivity index (χ0) is 22.9. The van der Waals surface area contributed by atoms with Crippen molar-refractivity contribution in [3.63, 3.8) is 0 Å². The van der Waals surface area contributed by atoms with Gasteiger partial charge in [-0.1, -0.05) is 53.6 Å². The first-order chi connectivity index (χ1) is 16.0. The topological polar surface area (TPSA) is 68.1 Å². The summed E-state index contributed by atoms with van der Waals surface area (Å²) in [7, 11) is 0. The van der Waals surface area contributed by atoms with Gasteiger partial charge in [0.1, 0.15) is 5.03 Å². The van der Waals surface area contributed by atoms with Gasteiger partial charge >= 0.3 is 0 Å². The van der Waals surface area contributed by atoms with E-state index in [1.54, 1.807) is 18.0 Å². The van der Waals surface area contributed by atoms with E-state index in [2.05, 4.69) is 36.2 Å². The van der Waals surface area contributed by atoms with E-state index >= 15 is 0 Å². The summed E-state index contributed by atoms with van der Waals surface area (Å²) >= 11 is 7.89. The number of benzene rings is 2. The lowest BCUT2D eigenvalue weighted by molar-refractivity contribution is 0.278. The molecule has 1 aliphatic heterocycles. The Morgan fingerprint density at radius 1 is 1.06 bits per heavy atom. The Morgan fingerprint density at radius 2 is 1.91 bits per heavy atom. The Morgan fingerprint density at radius 3 is 2.70 bits per heavy atom. The van der Waals surface area contributed by atoms with Crippen LogP contribution < -0.4 is 4.74 Å². The average Bonchev–Trinajstić information content (AvgIpc) is 2.82. The standard InChI is InChI=1S/C26H22ClN3O2S/c1-15-5-3-6-17(9-15)14-33-26-22-11-21-19(13-31)12-28-16(2)23(21)32-25(22)29-24(30-26)18-7-4-8-20(27)10-18/h3-10,12,31H,11,13-14H2,1-2H3. The highest BCUT2D eigenvalue weighted by Crippen LogP contribution is 2.43. The SMILES string of the molecule is Cc1cccc(CSc2nc(-c3cccc(Cl)c3)nc3c2Cc2c(CO)cnc(C)c2O3)c1. The average molecular weight is 476 g/mol. The van der Waals surface area contributed by atoms with Crippen molar-refractivity contribution in [1.82, 2.24) is 15.0 Å². The third kappa shape index (κ3) is 4.47. The van der Waals surface area contributed by atoms with E-state index in [1.165, 1.54) is 11.1 Å². The van der Waals surface area contributed by atoms with Gasteiger partial charge in [-0.3, -0.25) is 4.98 Å². The number of aryl methyl sites for hydroxylation is 2. The number of aromatic nitrogens is 3. The van der Waals surface area contributed by atoms with Crippen LogP contribution in [0.2, 0.25) is 5.02 Å². The summed E-state index contributed by atoms with van der Waals surface area (Å²) in [6, 6.07) is 16.0. The van der Waals surface area contributed by atoms with Gasteiger partial charge in [-0.05, 0) is 31.5 Å². The molecule has 5 nitrogen and oxygen atoms in total. The van der Waals surface area contributed by atoms with Crippen LogP contribution in [0.25, 0.3) is 11.4 Å². The number of nitrogens with zero attached hydrogens (tertiary/aromatic N) is 3. The van der Waals surface area contributed by atoms with Crippen LogP contribution in [0.15, 0.2) is 59.8 Å². The van der Waals surface area contributed by atoms with Crippen molar-refractivity contribution in [2.75, 3.05) is 0 Å². The van der Waals surface area contributed by atoms with E-state index in [4.69, 9.17) is 26.3 Å². The quantitative estimate of drug-likeness (QED) is 0.238. The first kappa shape index (κ1) is 21.9. The van der Waals surface area contributed by atoms with Crippen LogP contribution in [0.5, 0.6) is 11.6 Å². The van der Waals surface area contributed by atoms with Crippen molar-refractivity contribution < 1.29 is 9.84 Å². The monoisotopic (exact) mass is 475 g/mol. The number of hydrogen-bond donors (Lipinski definition) is 1. The Balaban J connectivity index is 1.60. The van der Waals surface area contributed by atoms with Crippen molar-refractivity contribution in [2.24, 2.45) is 0 Å². The van der Waals surface area contributed by atoms with E-state index in [9.17, 15) is 5.11 Å². The molecule has 0 unspecified atom stereocenters. The van der Waals surface area contributed by atoms with Crippen LogP contribution in [-0.2, 0) is 18.8 Å². The molecule has 1 aliphatic rings. The molecule has 0 radical (unpaired) electrons. The molecule has 166 valence electrons. The number of aliphatic hydroxyl groups excluding tert-OH is 1. The Kier molecular flexibility index (Phi) is 6.06. The molecule has 33 heavy (non-hydrogen) atoms. The van der Waals surface area contributed by atoms with Gasteiger partial charge in [-0.15, -0.1) is 11.8 Å². The van der Waals surface area contributed by atoms with Crippen LogP contribution in [0.3, 0.4) is 0 Å². The summed E-state index contributed by atoms with van der Waals surface area (Å²) in [6.07, 6.45) is 2.29. The van der Waals surface area contributed by atoms with Crippen molar-refractivity contribution >= 4 is 23.4 Å². The summed E-state index contributed by atoms with van der Waals surface area (Å²) in [5.41, 5.74) is 6.67. The summed E-state index contributed by atoms with van der Waals surface area (Å²) in [5, 5.41) is 11.3. The minimum atomic E-state index is -0.0957. The Hall–Kier alpha value is -2.93. The predicted molar refractivity (Wildman–Crippen MR) is 131 cm³/mol. The first-order valence-corrected chi connectivity index (χ1v) is 12.0. The Labute approximate surface area is 201 Å². The zero-order valence-corrected chi connectivity index (χ0v) is 19.9. The molecule has 0 saturated carbocycles. The minimum Gasteiger partial charge on any atom is -0.436 e. The number of aliphatic hydroxyl groups is 1. The first-order valence-electron chi connectivity index (χ1n) is 10.6. The number of pyridine rings is 1. The lowest BCUT2D eigenvalue weighted by atomic mass is 9.99. The molecule has 3 heterocycles. The molecule has 4 aromatic rings. The van der Waals surface area contributed by atoms with Gasteiger partial charge in [0.25, 0.3) is 0 Å². The maximum Gasteiger partial charge on any atom is 0.227 e. The minimum absolute atomic E-state index is 0.0957. The van der Waals surface area contributed by atoms with Gasteiger partial charge in [0.15, 0.2) is 11.6 Å². The number of ether oxygens (including phenoxy) is 1. The largest absolute Gasteiger partial charge is 0.436 e. The summed E-state index contributed by atoms with van der Waals surface area (Å²) in [6.45, 7) is 3.90. The fourth-order valence-electron chi connectivity index (χ4n) is 3.92. The lowest BCUT2D eigenvalue weighted by Gasteiger charge is -2.24. The van der Waals surface area contributed by atoms with Crippen molar-refractivity contribution in [2.45, 2.75) is 37.7 Å². The van der Waals surface area contributed by atoms with Gasteiger partial charge < -0.3 is 9.84 Å². The van der Waals surface area contributed by atoms with Crippen LogP contribution in [-0.4, -0.2) is 20.1 Å². The summed E-state index contributed by atoms with van der Waals surface area (Å²) in [5.74, 6) is 2.53. The van der Waals surface area contributed by atoms with Crippen LogP contribution in [0, 0.1) is 13.8 Å². The second-order valence-corrected chi connectivity index (χ2v) is 9.44. The van der Waals surface area contributed by atoms with E-state index in [1.807, 2.05) is 31.2 Å².